The Morgan fingerprint density at radius 1 is 1.05 bits per heavy atom. The molecule has 0 saturated heterocycles. The molecule has 3 nitrogen and oxygen atoms in total. The molecule has 1 heterocycles. The Hall–Kier alpha value is -2.53. The van der Waals surface area contributed by atoms with Crippen LogP contribution in [-0.2, 0) is 6.54 Å². The Morgan fingerprint density at radius 3 is 2.48 bits per heavy atom. The number of hydrogen-bond donors (Lipinski definition) is 1. The molecule has 0 aliphatic heterocycles. The van der Waals surface area contributed by atoms with Crippen molar-refractivity contribution in [3.8, 4) is 16.9 Å². The van der Waals surface area contributed by atoms with Gasteiger partial charge in [-0.2, -0.15) is 5.10 Å². The summed E-state index contributed by atoms with van der Waals surface area (Å²) in [5.41, 5.74) is 8.31. The van der Waals surface area contributed by atoms with Gasteiger partial charge in [0.05, 0.1) is 11.9 Å². The van der Waals surface area contributed by atoms with Gasteiger partial charge in [0.2, 0.25) is 0 Å². The van der Waals surface area contributed by atoms with Gasteiger partial charge in [-0.15, -0.1) is 0 Å². The molecule has 0 fully saturated rings. The van der Waals surface area contributed by atoms with Crippen LogP contribution in [0.25, 0.3) is 16.9 Å². The van der Waals surface area contributed by atoms with Crippen LogP contribution >= 0.6 is 0 Å². The third-order valence-corrected chi connectivity index (χ3v) is 3.25. The number of nitrogens with two attached hydrogens (primary N) is 1. The van der Waals surface area contributed by atoms with Gasteiger partial charge in [0.15, 0.2) is 5.82 Å². The summed E-state index contributed by atoms with van der Waals surface area (Å²) < 4.78 is 28.5. The molecule has 0 amide bonds. The molecule has 2 N–H and O–H groups in total. The molecule has 0 spiro atoms. The van der Waals surface area contributed by atoms with E-state index < -0.39 is 11.6 Å². The minimum absolute atomic E-state index is 0.190. The largest absolute Gasteiger partial charge is 0.326 e. The van der Waals surface area contributed by atoms with Gasteiger partial charge < -0.3 is 5.73 Å². The van der Waals surface area contributed by atoms with Crippen molar-refractivity contribution in [3.63, 3.8) is 0 Å². The van der Waals surface area contributed by atoms with Crippen molar-refractivity contribution < 1.29 is 8.78 Å². The lowest BCUT2D eigenvalue weighted by atomic mass is 10.1. The average molecular weight is 285 g/mol. The molecular weight excluding hydrogens is 272 g/mol. The SMILES string of the molecule is NCc1cnn(-c2ccc(F)cc2F)c1-c1ccccc1. The molecule has 0 saturated carbocycles. The quantitative estimate of drug-likeness (QED) is 0.802. The summed E-state index contributed by atoms with van der Waals surface area (Å²) in [5.74, 6) is -1.29. The minimum atomic E-state index is -0.668. The van der Waals surface area contributed by atoms with Gasteiger partial charge in [-0.05, 0) is 12.1 Å². The number of nitrogens with zero attached hydrogens (tertiary/aromatic N) is 2. The van der Waals surface area contributed by atoms with E-state index in [2.05, 4.69) is 5.10 Å². The van der Waals surface area contributed by atoms with Crippen LogP contribution in [0, 0.1) is 11.6 Å². The highest BCUT2D eigenvalue weighted by Crippen LogP contribution is 2.27. The maximum absolute atomic E-state index is 14.0. The number of benzene rings is 2. The van der Waals surface area contributed by atoms with Crippen LogP contribution in [0.3, 0.4) is 0 Å². The van der Waals surface area contributed by atoms with Crippen molar-refractivity contribution >= 4 is 0 Å². The number of halogens is 2. The fourth-order valence-corrected chi connectivity index (χ4v) is 2.27. The molecule has 0 unspecified atom stereocenters. The second-order valence-corrected chi connectivity index (χ2v) is 4.60. The van der Waals surface area contributed by atoms with Crippen LogP contribution in [0.5, 0.6) is 0 Å². The Morgan fingerprint density at radius 2 is 1.81 bits per heavy atom. The molecule has 0 radical (unpaired) electrons. The van der Waals surface area contributed by atoms with Crippen LogP contribution in [0.2, 0.25) is 0 Å². The molecule has 106 valence electrons. The average Bonchev–Trinajstić information content (AvgIpc) is 2.92. The van der Waals surface area contributed by atoms with E-state index in [0.29, 0.717) is 5.69 Å². The Kier molecular flexibility index (Phi) is 3.50. The third-order valence-electron chi connectivity index (χ3n) is 3.25. The van der Waals surface area contributed by atoms with Crippen LogP contribution in [0.4, 0.5) is 8.78 Å². The molecule has 0 atom stereocenters. The van der Waals surface area contributed by atoms with E-state index in [-0.39, 0.29) is 12.2 Å². The van der Waals surface area contributed by atoms with E-state index in [0.717, 1.165) is 17.2 Å². The molecule has 3 rings (SSSR count). The van der Waals surface area contributed by atoms with Crippen molar-refractivity contribution in [3.05, 3.63) is 71.9 Å². The minimum Gasteiger partial charge on any atom is -0.326 e. The highest BCUT2D eigenvalue weighted by Gasteiger charge is 2.16. The van der Waals surface area contributed by atoms with Crippen LogP contribution in [-0.4, -0.2) is 9.78 Å². The smallest absolute Gasteiger partial charge is 0.151 e. The first-order chi connectivity index (χ1) is 10.2. The van der Waals surface area contributed by atoms with E-state index >= 15 is 0 Å². The molecule has 0 bridgehead atoms. The summed E-state index contributed by atoms with van der Waals surface area (Å²) in [4.78, 5) is 0. The lowest BCUT2D eigenvalue weighted by Crippen LogP contribution is -2.04. The highest BCUT2D eigenvalue weighted by molar-refractivity contribution is 5.65. The summed E-state index contributed by atoms with van der Waals surface area (Å²) in [6.07, 6.45) is 1.60. The fraction of sp³-hybridized carbons (Fsp3) is 0.0625. The standard InChI is InChI=1S/C16H13F2N3/c17-13-6-7-15(14(18)8-13)21-16(12(9-19)10-20-21)11-4-2-1-3-5-11/h1-8,10H,9,19H2. The number of hydrogen-bond acceptors (Lipinski definition) is 2. The predicted octanol–water partition coefficient (Wildman–Crippen LogP) is 3.28. The monoisotopic (exact) mass is 285 g/mol. The van der Waals surface area contributed by atoms with Crippen LogP contribution in [0.15, 0.2) is 54.7 Å². The van der Waals surface area contributed by atoms with E-state index in [9.17, 15) is 8.78 Å². The summed E-state index contributed by atoms with van der Waals surface area (Å²) in [5, 5.41) is 4.20. The maximum atomic E-state index is 14.0. The molecule has 21 heavy (non-hydrogen) atoms. The second kappa shape index (κ2) is 5.46. The summed E-state index contributed by atoms with van der Waals surface area (Å²) >= 11 is 0. The first-order valence-electron chi connectivity index (χ1n) is 6.48. The lowest BCUT2D eigenvalue weighted by Gasteiger charge is -2.10. The third kappa shape index (κ3) is 2.43. The molecule has 0 aliphatic carbocycles. The topological polar surface area (TPSA) is 43.8 Å². The molecule has 3 aromatic rings. The second-order valence-electron chi connectivity index (χ2n) is 4.60. The predicted molar refractivity (Wildman–Crippen MR) is 76.8 cm³/mol. The first-order valence-corrected chi connectivity index (χ1v) is 6.48. The number of aromatic nitrogens is 2. The Bertz CT molecular complexity index is 766. The fourth-order valence-electron chi connectivity index (χ4n) is 2.27. The zero-order valence-corrected chi connectivity index (χ0v) is 11.1. The number of rotatable bonds is 3. The Labute approximate surface area is 120 Å². The van der Waals surface area contributed by atoms with Gasteiger partial charge in [-0.25, -0.2) is 13.5 Å². The maximum Gasteiger partial charge on any atom is 0.151 e. The van der Waals surface area contributed by atoms with Crippen molar-refractivity contribution in [2.75, 3.05) is 0 Å². The molecule has 2 aromatic carbocycles. The van der Waals surface area contributed by atoms with Crippen LogP contribution < -0.4 is 5.73 Å². The van der Waals surface area contributed by atoms with Gasteiger partial charge in [-0.3, -0.25) is 0 Å². The van der Waals surface area contributed by atoms with Crippen LogP contribution in [0.1, 0.15) is 5.56 Å². The van der Waals surface area contributed by atoms with Crippen molar-refractivity contribution in [2.45, 2.75) is 6.54 Å². The van der Waals surface area contributed by atoms with Gasteiger partial charge in [-0.1, -0.05) is 30.3 Å². The van der Waals surface area contributed by atoms with Crippen molar-refractivity contribution in [1.29, 1.82) is 0 Å². The Balaban J connectivity index is 2.22. The zero-order chi connectivity index (χ0) is 14.8. The van der Waals surface area contributed by atoms with Crippen molar-refractivity contribution in [2.24, 2.45) is 5.73 Å². The molecule has 5 heteroatoms. The van der Waals surface area contributed by atoms with E-state index in [1.54, 1.807) is 6.20 Å². The summed E-state index contributed by atoms with van der Waals surface area (Å²) in [6, 6.07) is 12.9. The van der Waals surface area contributed by atoms with E-state index in [1.165, 1.54) is 16.8 Å². The normalized spacial score (nSPS) is 10.8. The van der Waals surface area contributed by atoms with Gasteiger partial charge >= 0.3 is 0 Å². The van der Waals surface area contributed by atoms with Crippen molar-refractivity contribution in [1.82, 2.24) is 9.78 Å². The molecule has 0 aliphatic rings. The van der Waals surface area contributed by atoms with Gasteiger partial charge in [0.1, 0.15) is 11.5 Å². The first kappa shape index (κ1) is 13.5. The van der Waals surface area contributed by atoms with Gasteiger partial charge in [0.25, 0.3) is 0 Å². The lowest BCUT2D eigenvalue weighted by molar-refractivity contribution is 0.574. The summed E-state index contributed by atoms with van der Waals surface area (Å²) in [7, 11) is 0. The van der Waals surface area contributed by atoms with E-state index in [1.807, 2.05) is 30.3 Å². The molecular formula is C16H13F2N3. The van der Waals surface area contributed by atoms with Gasteiger partial charge in [0, 0.05) is 23.7 Å². The molecule has 1 aromatic heterocycles. The summed E-state index contributed by atoms with van der Waals surface area (Å²) in [6.45, 7) is 0.285. The zero-order valence-electron chi connectivity index (χ0n) is 11.1. The highest BCUT2D eigenvalue weighted by atomic mass is 19.1. The van der Waals surface area contributed by atoms with E-state index in [4.69, 9.17) is 5.73 Å².